The molecule has 0 bridgehead atoms. The van der Waals surface area contributed by atoms with Gasteiger partial charge < -0.3 is 14.4 Å². The Hall–Kier alpha value is -0.910. The van der Waals surface area contributed by atoms with E-state index in [1.165, 1.54) is 4.88 Å². The monoisotopic (exact) mass is 267 g/mol. The topological polar surface area (TPSA) is 38.8 Å². The summed E-state index contributed by atoms with van der Waals surface area (Å²) in [7, 11) is 0. The molecule has 4 nitrogen and oxygen atoms in total. The number of thiophene rings is 1. The molecule has 1 amide bonds. The summed E-state index contributed by atoms with van der Waals surface area (Å²) in [5.41, 5.74) is -0.229. The maximum atomic E-state index is 12.6. The lowest BCUT2D eigenvalue weighted by molar-refractivity contribution is -0.0549. The van der Waals surface area contributed by atoms with Gasteiger partial charge in [-0.05, 0) is 25.5 Å². The summed E-state index contributed by atoms with van der Waals surface area (Å²) >= 11 is 1.56. The third-order valence-electron chi connectivity index (χ3n) is 3.68. The summed E-state index contributed by atoms with van der Waals surface area (Å²) in [6.07, 6.45) is 0.878. The molecule has 18 heavy (non-hydrogen) atoms. The maximum Gasteiger partial charge on any atom is 0.264 e. The minimum Gasteiger partial charge on any atom is -0.379 e. The van der Waals surface area contributed by atoms with Gasteiger partial charge in [-0.25, -0.2) is 0 Å². The van der Waals surface area contributed by atoms with Crippen LogP contribution in [0.5, 0.6) is 0 Å². The molecule has 1 atom stereocenters. The van der Waals surface area contributed by atoms with Crippen LogP contribution in [0.15, 0.2) is 12.1 Å². The lowest BCUT2D eigenvalue weighted by Gasteiger charge is -2.43. The van der Waals surface area contributed by atoms with Crippen LogP contribution in [0.2, 0.25) is 0 Å². The van der Waals surface area contributed by atoms with Gasteiger partial charge in [0, 0.05) is 18.0 Å². The number of amides is 1. The van der Waals surface area contributed by atoms with E-state index in [0.717, 1.165) is 17.9 Å². The van der Waals surface area contributed by atoms with Crippen molar-refractivity contribution in [1.29, 1.82) is 0 Å². The second-order valence-corrected chi connectivity index (χ2v) is 6.23. The highest BCUT2D eigenvalue weighted by molar-refractivity contribution is 7.13. The lowest BCUT2D eigenvalue weighted by Crippen LogP contribution is -2.59. The fourth-order valence-electron chi connectivity index (χ4n) is 2.66. The highest BCUT2D eigenvalue weighted by Gasteiger charge is 2.45. The van der Waals surface area contributed by atoms with E-state index in [9.17, 15) is 4.79 Å². The standard InChI is InChI=1S/C13H17NO3S/c1-10-2-3-11(18-10)12(15)14-5-7-17-9-13(14)4-6-16-8-13/h2-3H,4-9H2,1H3/t13-/m1/s1. The van der Waals surface area contributed by atoms with E-state index in [-0.39, 0.29) is 11.4 Å². The number of carbonyl (C=O) groups is 1. The van der Waals surface area contributed by atoms with Crippen molar-refractivity contribution in [2.75, 3.05) is 33.0 Å². The Morgan fingerprint density at radius 2 is 2.11 bits per heavy atom. The second-order valence-electron chi connectivity index (χ2n) is 4.95. The number of carbonyl (C=O) groups excluding carboxylic acids is 1. The van der Waals surface area contributed by atoms with Gasteiger partial charge in [0.05, 0.1) is 30.2 Å². The summed E-state index contributed by atoms with van der Waals surface area (Å²) in [5.74, 6) is 0.127. The highest BCUT2D eigenvalue weighted by atomic mass is 32.1. The normalized spacial score (nSPS) is 27.9. The number of aryl methyl sites for hydroxylation is 1. The van der Waals surface area contributed by atoms with Gasteiger partial charge in [0.2, 0.25) is 0 Å². The molecule has 3 rings (SSSR count). The molecule has 98 valence electrons. The van der Waals surface area contributed by atoms with E-state index >= 15 is 0 Å². The van der Waals surface area contributed by atoms with Crippen LogP contribution in [0.3, 0.4) is 0 Å². The molecule has 3 heterocycles. The number of nitrogens with zero attached hydrogens (tertiary/aromatic N) is 1. The molecule has 1 aromatic rings. The van der Waals surface area contributed by atoms with Crippen LogP contribution < -0.4 is 0 Å². The van der Waals surface area contributed by atoms with E-state index in [1.54, 1.807) is 11.3 Å². The van der Waals surface area contributed by atoms with E-state index in [4.69, 9.17) is 9.47 Å². The Morgan fingerprint density at radius 3 is 2.78 bits per heavy atom. The first-order valence-electron chi connectivity index (χ1n) is 6.25. The quantitative estimate of drug-likeness (QED) is 0.777. The highest BCUT2D eigenvalue weighted by Crippen LogP contribution is 2.31. The zero-order chi connectivity index (χ0) is 12.6. The molecule has 2 saturated heterocycles. The Balaban J connectivity index is 1.86. The van der Waals surface area contributed by atoms with Gasteiger partial charge in [0.1, 0.15) is 0 Å². The molecule has 2 aliphatic rings. The van der Waals surface area contributed by atoms with Gasteiger partial charge in [-0.1, -0.05) is 0 Å². The van der Waals surface area contributed by atoms with Gasteiger partial charge in [-0.2, -0.15) is 0 Å². The molecular weight excluding hydrogens is 250 g/mol. The van der Waals surface area contributed by atoms with Crippen LogP contribution in [0, 0.1) is 6.92 Å². The van der Waals surface area contributed by atoms with Gasteiger partial charge in [0.15, 0.2) is 0 Å². The number of hydrogen-bond donors (Lipinski definition) is 0. The minimum absolute atomic E-state index is 0.127. The molecular formula is C13H17NO3S. The maximum absolute atomic E-state index is 12.6. The van der Waals surface area contributed by atoms with Crippen LogP contribution in [0.1, 0.15) is 21.0 Å². The van der Waals surface area contributed by atoms with Crippen molar-refractivity contribution in [2.45, 2.75) is 18.9 Å². The smallest absolute Gasteiger partial charge is 0.264 e. The van der Waals surface area contributed by atoms with Crippen LogP contribution >= 0.6 is 11.3 Å². The number of morpholine rings is 1. The van der Waals surface area contributed by atoms with Crippen molar-refractivity contribution in [3.05, 3.63) is 21.9 Å². The molecule has 2 aliphatic heterocycles. The molecule has 1 aromatic heterocycles. The predicted octanol–water partition coefficient (Wildman–Crippen LogP) is 1.69. The summed E-state index contributed by atoms with van der Waals surface area (Å²) in [4.78, 5) is 16.6. The van der Waals surface area contributed by atoms with Crippen LogP contribution in [0.25, 0.3) is 0 Å². The zero-order valence-electron chi connectivity index (χ0n) is 10.5. The molecule has 0 unspecified atom stereocenters. The second kappa shape index (κ2) is 4.64. The van der Waals surface area contributed by atoms with Gasteiger partial charge in [0.25, 0.3) is 5.91 Å². The average Bonchev–Trinajstić information content (AvgIpc) is 2.99. The third-order valence-corrected chi connectivity index (χ3v) is 4.67. The Bertz CT molecular complexity index is 451. The molecule has 2 fully saturated rings. The number of ether oxygens (including phenoxy) is 2. The van der Waals surface area contributed by atoms with Crippen LogP contribution in [0.4, 0.5) is 0 Å². The number of hydrogen-bond acceptors (Lipinski definition) is 4. The van der Waals surface area contributed by atoms with Gasteiger partial charge in [-0.3, -0.25) is 4.79 Å². The third kappa shape index (κ3) is 1.96. The van der Waals surface area contributed by atoms with Gasteiger partial charge in [-0.15, -0.1) is 11.3 Å². The summed E-state index contributed by atoms with van der Waals surface area (Å²) in [6, 6.07) is 3.91. The fraction of sp³-hybridized carbons (Fsp3) is 0.615. The Labute approximate surface area is 110 Å². The van der Waals surface area contributed by atoms with E-state index < -0.39 is 0 Å². The summed E-state index contributed by atoms with van der Waals surface area (Å²) in [5, 5.41) is 0. The summed E-state index contributed by atoms with van der Waals surface area (Å²) in [6.45, 7) is 5.23. The predicted molar refractivity (Wildman–Crippen MR) is 69.1 cm³/mol. The van der Waals surface area contributed by atoms with E-state index in [1.807, 2.05) is 24.0 Å². The van der Waals surface area contributed by atoms with E-state index in [2.05, 4.69) is 0 Å². The van der Waals surface area contributed by atoms with Crippen molar-refractivity contribution < 1.29 is 14.3 Å². The van der Waals surface area contributed by atoms with Crippen molar-refractivity contribution in [1.82, 2.24) is 4.90 Å². The van der Waals surface area contributed by atoms with Crippen molar-refractivity contribution in [3.8, 4) is 0 Å². The Kier molecular flexibility index (Phi) is 3.13. The van der Waals surface area contributed by atoms with Crippen molar-refractivity contribution >= 4 is 17.2 Å². The largest absolute Gasteiger partial charge is 0.379 e. The minimum atomic E-state index is -0.229. The lowest BCUT2D eigenvalue weighted by atomic mass is 9.95. The SMILES string of the molecule is Cc1ccc(C(=O)N2CCOC[C@]23CCOC3)s1. The van der Waals surface area contributed by atoms with E-state index in [0.29, 0.717) is 26.4 Å². The Morgan fingerprint density at radius 1 is 1.33 bits per heavy atom. The fourth-order valence-corrected chi connectivity index (χ4v) is 3.47. The molecule has 0 N–H and O–H groups in total. The van der Waals surface area contributed by atoms with Crippen molar-refractivity contribution in [2.24, 2.45) is 0 Å². The first-order chi connectivity index (χ1) is 8.71. The summed E-state index contributed by atoms with van der Waals surface area (Å²) < 4.78 is 11.0. The van der Waals surface area contributed by atoms with Gasteiger partial charge >= 0.3 is 0 Å². The number of rotatable bonds is 1. The molecule has 5 heteroatoms. The molecule has 0 aliphatic carbocycles. The van der Waals surface area contributed by atoms with Crippen molar-refractivity contribution in [3.63, 3.8) is 0 Å². The zero-order valence-corrected chi connectivity index (χ0v) is 11.3. The van der Waals surface area contributed by atoms with Crippen LogP contribution in [-0.2, 0) is 9.47 Å². The first kappa shape index (κ1) is 12.1. The molecule has 0 radical (unpaired) electrons. The first-order valence-corrected chi connectivity index (χ1v) is 7.07. The molecule has 1 spiro atoms. The molecule has 0 saturated carbocycles. The average molecular weight is 267 g/mol. The molecule has 0 aromatic carbocycles. The van der Waals surface area contributed by atoms with Crippen LogP contribution in [-0.4, -0.2) is 49.3 Å².